The van der Waals surface area contributed by atoms with Gasteiger partial charge in [-0.1, -0.05) is 0 Å². The molecule has 20 heavy (non-hydrogen) atoms. The monoisotopic (exact) mass is 310 g/mol. The maximum Gasteiger partial charge on any atom is 0.225 e. The normalized spacial score (nSPS) is 21.4. The Labute approximate surface area is 128 Å². The van der Waals surface area contributed by atoms with Crippen LogP contribution >= 0.6 is 22.9 Å². The van der Waals surface area contributed by atoms with Crippen LogP contribution in [0.4, 0.5) is 5.82 Å². The maximum atomic E-state index is 6.12. The number of aryl methyl sites for hydroxylation is 1. The predicted molar refractivity (Wildman–Crippen MR) is 86.1 cm³/mol. The summed E-state index contributed by atoms with van der Waals surface area (Å²) in [6, 6.07) is 2.60. The van der Waals surface area contributed by atoms with Crippen molar-refractivity contribution in [3.05, 3.63) is 16.2 Å². The number of rotatable bonds is 1. The third-order valence-corrected chi connectivity index (χ3v) is 4.90. The molecule has 2 aromatic rings. The number of anilines is 1. The Hall–Kier alpha value is -0.910. The lowest BCUT2D eigenvalue weighted by atomic mass is 10.2. The van der Waals surface area contributed by atoms with Crippen molar-refractivity contribution in [2.75, 3.05) is 31.6 Å². The summed E-state index contributed by atoms with van der Waals surface area (Å²) in [6.45, 7) is 7.55. The molecule has 1 unspecified atom stereocenters. The standard InChI is InChI=1S/C14H19ClN4S/c1-9-8-18(3)5-4-6-19(9)12-11-7-10(2)20-13(11)17-14(15)16-12/h7,9H,4-6,8H2,1-3H3. The van der Waals surface area contributed by atoms with E-state index >= 15 is 0 Å². The Morgan fingerprint density at radius 2 is 2.15 bits per heavy atom. The molecule has 0 saturated carbocycles. The summed E-state index contributed by atoms with van der Waals surface area (Å²) in [5.41, 5.74) is 0. The van der Waals surface area contributed by atoms with E-state index < -0.39 is 0 Å². The van der Waals surface area contributed by atoms with Gasteiger partial charge in [0.05, 0.1) is 5.39 Å². The molecule has 4 nitrogen and oxygen atoms in total. The van der Waals surface area contributed by atoms with E-state index in [1.807, 2.05) is 0 Å². The summed E-state index contributed by atoms with van der Waals surface area (Å²) in [6.07, 6.45) is 1.15. The van der Waals surface area contributed by atoms with E-state index in [0.717, 1.165) is 42.1 Å². The van der Waals surface area contributed by atoms with E-state index in [9.17, 15) is 0 Å². The minimum atomic E-state index is 0.346. The predicted octanol–water partition coefficient (Wildman–Crippen LogP) is 3.18. The number of nitrogens with zero attached hydrogens (tertiary/aromatic N) is 4. The fraction of sp³-hybridized carbons (Fsp3) is 0.571. The highest BCUT2D eigenvalue weighted by Crippen LogP contribution is 2.33. The van der Waals surface area contributed by atoms with Crippen molar-refractivity contribution < 1.29 is 0 Å². The molecule has 3 heterocycles. The van der Waals surface area contributed by atoms with Crippen molar-refractivity contribution >= 4 is 39.0 Å². The molecule has 1 saturated heterocycles. The van der Waals surface area contributed by atoms with Crippen molar-refractivity contribution in [3.63, 3.8) is 0 Å². The van der Waals surface area contributed by atoms with Crippen LogP contribution in [-0.2, 0) is 0 Å². The average molecular weight is 311 g/mol. The number of likely N-dealkylation sites (N-methyl/N-ethyl adjacent to an activating group) is 1. The summed E-state index contributed by atoms with van der Waals surface area (Å²) >= 11 is 7.80. The molecule has 108 valence electrons. The molecule has 1 fully saturated rings. The first-order valence-corrected chi connectivity index (χ1v) is 8.13. The molecule has 3 rings (SSSR count). The van der Waals surface area contributed by atoms with Crippen molar-refractivity contribution in [1.82, 2.24) is 14.9 Å². The lowest BCUT2D eigenvalue weighted by Crippen LogP contribution is -2.38. The molecule has 0 aromatic carbocycles. The van der Waals surface area contributed by atoms with Gasteiger partial charge in [0.15, 0.2) is 0 Å². The molecular weight excluding hydrogens is 292 g/mol. The van der Waals surface area contributed by atoms with E-state index in [1.54, 1.807) is 11.3 Å². The van der Waals surface area contributed by atoms with Crippen LogP contribution in [0.2, 0.25) is 5.28 Å². The average Bonchev–Trinajstić information content (AvgIpc) is 2.64. The zero-order chi connectivity index (χ0) is 14.3. The highest BCUT2D eigenvalue weighted by molar-refractivity contribution is 7.18. The van der Waals surface area contributed by atoms with Gasteiger partial charge in [0, 0.05) is 24.0 Å². The third kappa shape index (κ3) is 2.62. The Kier molecular flexibility index (Phi) is 3.84. The Morgan fingerprint density at radius 3 is 2.95 bits per heavy atom. The van der Waals surface area contributed by atoms with E-state index in [4.69, 9.17) is 11.6 Å². The van der Waals surface area contributed by atoms with E-state index in [1.165, 1.54) is 4.88 Å². The van der Waals surface area contributed by atoms with E-state index in [-0.39, 0.29) is 0 Å². The summed E-state index contributed by atoms with van der Waals surface area (Å²) in [4.78, 5) is 15.9. The molecule has 1 atom stereocenters. The molecule has 2 aromatic heterocycles. The SMILES string of the molecule is Cc1cc2c(N3CCCN(C)CC3C)nc(Cl)nc2s1. The second-order valence-electron chi connectivity index (χ2n) is 5.55. The summed E-state index contributed by atoms with van der Waals surface area (Å²) in [7, 11) is 2.18. The summed E-state index contributed by atoms with van der Waals surface area (Å²) < 4.78 is 0. The van der Waals surface area contributed by atoms with Crippen LogP contribution in [0.15, 0.2) is 6.07 Å². The summed E-state index contributed by atoms with van der Waals surface area (Å²) in [5.74, 6) is 0.993. The molecule has 1 aliphatic heterocycles. The Morgan fingerprint density at radius 1 is 1.35 bits per heavy atom. The molecule has 6 heteroatoms. The smallest absolute Gasteiger partial charge is 0.225 e. The van der Waals surface area contributed by atoms with Gasteiger partial charge in [-0.25, -0.2) is 4.98 Å². The fourth-order valence-electron chi connectivity index (χ4n) is 2.91. The number of thiophene rings is 1. The van der Waals surface area contributed by atoms with Crippen molar-refractivity contribution in [2.45, 2.75) is 26.3 Å². The molecular formula is C14H19ClN4S. The van der Waals surface area contributed by atoms with Crippen LogP contribution in [0, 0.1) is 6.92 Å². The lowest BCUT2D eigenvalue weighted by molar-refractivity contribution is 0.337. The molecule has 0 bridgehead atoms. The van der Waals surface area contributed by atoms with E-state index in [2.05, 4.69) is 46.7 Å². The lowest BCUT2D eigenvalue weighted by Gasteiger charge is -2.29. The molecule has 0 spiro atoms. The number of hydrogen-bond acceptors (Lipinski definition) is 5. The minimum absolute atomic E-state index is 0.346. The molecule has 0 N–H and O–H groups in total. The quantitative estimate of drug-likeness (QED) is 0.757. The number of fused-ring (bicyclic) bond motifs is 1. The van der Waals surface area contributed by atoms with E-state index in [0.29, 0.717) is 11.3 Å². The second kappa shape index (κ2) is 5.47. The minimum Gasteiger partial charge on any atom is -0.352 e. The van der Waals surface area contributed by atoms with Gasteiger partial charge in [0.2, 0.25) is 5.28 Å². The summed E-state index contributed by atoms with van der Waals surface area (Å²) in [5, 5.41) is 1.48. The molecule has 0 aliphatic carbocycles. The number of aromatic nitrogens is 2. The first-order chi connectivity index (χ1) is 9.54. The van der Waals surface area contributed by atoms with Crippen LogP contribution in [0.1, 0.15) is 18.2 Å². The van der Waals surface area contributed by atoms with Crippen LogP contribution in [0.5, 0.6) is 0 Å². The first-order valence-electron chi connectivity index (χ1n) is 6.93. The van der Waals surface area contributed by atoms with Crippen LogP contribution in [-0.4, -0.2) is 47.6 Å². The van der Waals surface area contributed by atoms with Gasteiger partial charge in [-0.2, -0.15) is 4.98 Å². The van der Waals surface area contributed by atoms with Gasteiger partial charge in [-0.05, 0) is 51.5 Å². The van der Waals surface area contributed by atoms with Crippen LogP contribution in [0.3, 0.4) is 0 Å². The van der Waals surface area contributed by atoms with Gasteiger partial charge in [0.1, 0.15) is 10.6 Å². The zero-order valence-electron chi connectivity index (χ0n) is 12.1. The second-order valence-corrected chi connectivity index (χ2v) is 7.12. The van der Waals surface area contributed by atoms with Crippen LogP contribution < -0.4 is 4.90 Å². The van der Waals surface area contributed by atoms with Gasteiger partial charge in [0.25, 0.3) is 0 Å². The number of hydrogen-bond donors (Lipinski definition) is 0. The van der Waals surface area contributed by atoms with Gasteiger partial charge >= 0.3 is 0 Å². The largest absolute Gasteiger partial charge is 0.352 e. The van der Waals surface area contributed by atoms with Gasteiger partial charge < -0.3 is 9.80 Å². The van der Waals surface area contributed by atoms with Crippen LogP contribution in [0.25, 0.3) is 10.2 Å². The van der Waals surface area contributed by atoms with Crippen molar-refractivity contribution in [2.24, 2.45) is 0 Å². The van der Waals surface area contributed by atoms with Gasteiger partial charge in [-0.15, -0.1) is 11.3 Å². The highest BCUT2D eigenvalue weighted by Gasteiger charge is 2.23. The number of halogens is 1. The first kappa shape index (κ1) is 14.0. The fourth-order valence-corrected chi connectivity index (χ4v) is 4.00. The zero-order valence-corrected chi connectivity index (χ0v) is 13.6. The van der Waals surface area contributed by atoms with Crippen molar-refractivity contribution in [1.29, 1.82) is 0 Å². The molecule has 0 radical (unpaired) electrons. The topological polar surface area (TPSA) is 32.3 Å². The molecule has 0 amide bonds. The Bertz CT molecular complexity index is 627. The maximum absolute atomic E-state index is 6.12. The van der Waals surface area contributed by atoms with Gasteiger partial charge in [-0.3, -0.25) is 0 Å². The highest BCUT2D eigenvalue weighted by atomic mass is 35.5. The third-order valence-electron chi connectivity index (χ3n) is 3.79. The van der Waals surface area contributed by atoms with Crippen molar-refractivity contribution in [3.8, 4) is 0 Å². The Balaban J connectivity index is 2.08. The molecule has 1 aliphatic rings.